The van der Waals surface area contributed by atoms with E-state index in [0.717, 1.165) is 30.5 Å². The second-order valence-corrected chi connectivity index (χ2v) is 4.70. The summed E-state index contributed by atoms with van der Waals surface area (Å²) in [7, 11) is 0. The van der Waals surface area contributed by atoms with E-state index in [2.05, 4.69) is 0 Å². The van der Waals surface area contributed by atoms with Crippen molar-refractivity contribution in [2.24, 2.45) is 0 Å². The van der Waals surface area contributed by atoms with Crippen molar-refractivity contribution in [3.05, 3.63) is 45.9 Å². The van der Waals surface area contributed by atoms with E-state index in [9.17, 15) is 10.2 Å². The van der Waals surface area contributed by atoms with Crippen LogP contribution in [0.4, 0.5) is 0 Å². The van der Waals surface area contributed by atoms with Crippen molar-refractivity contribution in [1.29, 1.82) is 0 Å². The molecule has 0 aromatic carbocycles. The summed E-state index contributed by atoms with van der Waals surface area (Å²) >= 11 is 10.7. The first kappa shape index (κ1) is 20.7. The Balaban J connectivity index is 0.000000360. The van der Waals surface area contributed by atoms with Gasteiger partial charge in [0, 0.05) is 25.5 Å². The molecule has 8 heteroatoms. The Labute approximate surface area is 149 Å². The van der Waals surface area contributed by atoms with Crippen LogP contribution in [0.25, 0.3) is 0 Å². The van der Waals surface area contributed by atoms with Gasteiger partial charge in [-0.25, -0.2) is 0 Å². The third-order valence-electron chi connectivity index (χ3n) is 2.65. The van der Waals surface area contributed by atoms with Gasteiger partial charge in [-0.05, 0) is 26.0 Å². The predicted octanol–water partition coefficient (Wildman–Crippen LogP) is 2.50. The van der Waals surface area contributed by atoms with Gasteiger partial charge in [0.2, 0.25) is 0 Å². The molecule has 0 spiro atoms. The van der Waals surface area contributed by atoms with Crippen molar-refractivity contribution in [2.45, 2.75) is 26.9 Å². The molecule has 0 saturated heterocycles. The van der Waals surface area contributed by atoms with Crippen LogP contribution >= 0.6 is 24.4 Å². The zero-order valence-corrected chi connectivity index (χ0v) is 15.3. The fourth-order valence-corrected chi connectivity index (χ4v) is 2.04. The maximum atomic E-state index is 10.9. The van der Waals surface area contributed by atoms with Crippen LogP contribution in [0.1, 0.15) is 13.8 Å². The van der Waals surface area contributed by atoms with E-state index in [1.165, 1.54) is 12.1 Å². The van der Waals surface area contributed by atoms with E-state index >= 15 is 0 Å². The van der Waals surface area contributed by atoms with Crippen LogP contribution in [0.15, 0.2) is 36.7 Å². The molecule has 0 amide bonds. The molecule has 0 aliphatic carbocycles. The molecule has 2 rings (SSSR count). The fourth-order valence-electron chi connectivity index (χ4n) is 1.53. The number of aryl methyl sites for hydroxylation is 2. The molecule has 117 valence electrons. The standard InChI is InChI=1S/2C7H9NOS.O.V/c2*1-2-8-5-3-4-6(9)7(8)10;;/h2*3-5,9H,2H2,1H3;;/q;;;+2/p-2. The molecule has 0 atom stereocenters. The molecule has 0 aliphatic rings. The van der Waals surface area contributed by atoms with Gasteiger partial charge in [0.05, 0.1) is 9.28 Å². The molecule has 2 aromatic heterocycles. The van der Waals surface area contributed by atoms with Crippen LogP contribution in [0, 0.1) is 9.28 Å². The zero-order valence-electron chi connectivity index (χ0n) is 12.3. The van der Waals surface area contributed by atoms with E-state index in [1.54, 1.807) is 21.3 Å². The number of pyridine rings is 2. The van der Waals surface area contributed by atoms with E-state index in [4.69, 9.17) is 28.1 Å². The first-order valence-corrected chi connectivity index (χ1v) is 7.81. The van der Waals surface area contributed by atoms with Gasteiger partial charge >= 0.3 is 21.0 Å². The normalized spacial score (nSPS) is 9.09. The maximum absolute atomic E-state index is 10.9. The molecule has 0 unspecified atom stereocenters. The quantitative estimate of drug-likeness (QED) is 0.754. The van der Waals surface area contributed by atoms with Crippen molar-refractivity contribution in [3.63, 3.8) is 0 Å². The molecule has 0 N–H and O–H groups in total. The van der Waals surface area contributed by atoms with Crippen LogP contribution in [0.2, 0.25) is 0 Å². The van der Waals surface area contributed by atoms with Crippen molar-refractivity contribution < 1.29 is 31.3 Å². The molecule has 0 radical (unpaired) electrons. The van der Waals surface area contributed by atoms with Gasteiger partial charge in [-0.15, -0.1) is 0 Å². The minimum atomic E-state index is -0.0700. The number of aromatic nitrogens is 2. The van der Waals surface area contributed by atoms with Crippen LogP contribution in [-0.2, 0) is 34.1 Å². The molecule has 0 saturated carbocycles. The van der Waals surface area contributed by atoms with Crippen molar-refractivity contribution in [2.75, 3.05) is 0 Å². The monoisotopic (exact) mass is 375 g/mol. The molecule has 0 aliphatic heterocycles. The number of hydrogen-bond donors (Lipinski definition) is 0. The Hall–Kier alpha value is -1.28. The van der Waals surface area contributed by atoms with Gasteiger partial charge in [-0.2, -0.15) is 0 Å². The summed E-state index contributed by atoms with van der Waals surface area (Å²) in [4.78, 5) is 0. The molecular weight excluding hydrogens is 359 g/mol. The summed E-state index contributed by atoms with van der Waals surface area (Å²) < 4.78 is 12.5. The predicted molar refractivity (Wildman–Crippen MR) is 81.5 cm³/mol. The molecule has 5 nitrogen and oxygen atoms in total. The zero-order chi connectivity index (χ0) is 17.1. The van der Waals surface area contributed by atoms with Crippen LogP contribution in [-0.4, -0.2) is 9.13 Å². The van der Waals surface area contributed by atoms with Crippen molar-refractivity contribution in [3.8, 4) is 11.5 Å². The van der Waals surface area contributed by atoms with Crippen LogP contribution in [0.3, 0.4) is 0 Å². The first-order valence-electron chi connectivity index (χ1n) is 6.42. The van der Waals surface area contributed by atoms with E-state index in [1.807, 2.05) is 26.2 Å². The summed E-state index contributed by atoms with van der Waals surface area (Å²) in [6.07, 6.45) is 3.62. The molecule has 0 fully saturated rings. The van der Waals surface area contributed by atoms with Gasteiger partial charge in [0.25, 0.3) is 0 Å². The van der Waals surface area contributed by atoms with E-state index in [-0.39, 0.29) is 11.5 Å². The summed E-state index contributed by atoms with van der Waals surface area (Å²) in [5.74, 6) is -0.140. The average molecular weight is 375 g/mol. The molecule has 0 bridgehead atoms. The van der Waals surface area contributed by atoms with Crippen molar-refractivity contribution in [1.82, 2.24) is 9.13 Å². The molecule has 2 aromatic rings. The Morgan fingerprint density at radius 3 is 1.45 bits per heavy atom. The molecule has 22 heavy (non-hydrogen) atoms. The third kappa shape index (κ3) is 6.23. The second kappa shape index (κ2) is 11.3. The topological polar surface area (TPSA) is 73.1 Å². The fraction of sp³-hybridized carbons (Fsp3) is 0.286. The Morgan fingerprint density at radius 2 is 1.23 bits per heavy atom. The van der Waals surface area contributed by atoms with Gasteiger partial charge in [0.1, 0.15) is 0 Å². The minimum absolute atomic E-state index is 0.0700. The van der Waals surface area contributed by atoms with Gasteiger partial charge in [-0.1, -0.05) is 48.1 Å². The van der Waals surface area contributed by atoms with Gasteiger partial charge in [0.15, 0.2) is 0 Å². The summed E-state index contributed by atoms with van der Waals surface area (Å²) in [5.41, 5.74) is 0. The van der Waals surface area contributed by atoms with Gasteiger partial charge in [-0.3, -0.25) is 0 Å². The van der Waals surface area contributed by atoms with E-state index in [0.29, 0.717) is 9.28 Å². The van der Waals surface area contributed by atoms with E-state index < -0.39 is 0 Å². The average Bonchev–Trinajstić information content (AvgIpc) is 2.55. The third-order valence-corrected chi connectivity index (χ3v) is 3.52. The summed E-state index contributed by atoms with van der Waals surface area (Å²) in [6, 6.07) is 6.38. The molecule has 2 heterocycles. The molecular formula is C14H16N2O3S2V. The number of rotatable bonds is 2. The number of hydrogen-bond acceptors (Lipinski definition) is 5. The number of nitrogens with zero attached hydrogens (tertiary/aromatic N) is 2. The van der Waals surface area contributed by atoms with Crippen LogP contribution < -0.4 is 10.2 Å². The first-order chi connectivity index (χ1) is 10.5. The Bertz CT molecular complexity index is 641. The Kier molecular flexibility index (Phi) is 10.7. The summed E-state index contributed by atoms with van der Waals surface area (Å²) in [6.45, 7) is 5.42. The Morgan fingerprint density at radius 1 is 0.909 bits per heavy atom. The van der Waals surface area contributed by atoms with Crippen molar-refractivity contribution >= 4 is 24.4 Å². The van der Waals surface area contributed by atoms with Crippen LogP contribution in [0.5, 0.6) is 11.5 Å². The SMILES string of the molecule is CCn1cccc([O-])c1=S.CCn1cccc([O-])c1=S.[O]=[V+2]. The second-order valence-electron chi connectivity index (χ2n) is 3.93. The summed E-state index contributed by atoms with van der Waals surface area (Å²) in [5, 5.41) is 21.7. The van der Waals surface area contributed by atoms with Gasteiger partial charge < -0.3 is 19.3 Å².